The number of halogens is 1. The number of amides is 4. The van der Waals surface area contributed by atoms with Crippen molar-refractivity contribution >= 4 is 53.8 Å². The molecule has 0 aliphatic carbocycles. The number of thioether (sulfide) groups is 1. The van der Waals surface area contributed by atoms with E-state index in [1.807, 2.05) is 57.3 Å². The van der Waals surface area contributed by atoms with E-state index < -0.39 is 47.3 Å². The molecule has 13 heteroatoms. The SMILES string of the molecule is CC(C)OC(=O)C(=O)[C@H](Cc1ccccc1)C(=O)N[C@H]1CS[C@H](c2ccccc2)N1C(=O)[C@@H](NC(=O)N1CCN(C)CC1)C(C)C.Cl. The van der Waals surface area contributed by atoms with E-state index >= 15 is 0 Å². The maximum Gasteiger partial charge on any atom is 0.375 e. The van der Waals surface area contributed by atoms with Crippen LogP contribution < -0.4 is 10.6 Å². The summed E-state index contributed by atoms with van der Waals surface area (Å²) < 4.78 is 5.15. The van der Waals surface area contributed by atoms with Gasteiger partial charge in [0.05, 0.1) is 6.10 Å². The molecule has 2 aromatic rings. The fraction of sp³-hybridized carbons (Fsp3) is 0.500. The average Bonchev–Trinajstić information content (AvgIpc) is 3.45. The molecule has 47 heavy (non-hydrogen) atoms. The number of carbonyl (C=O) groups excluding carboxylic acids is 5. The number of nitrogens with one attached hydrogen (secondary N) is 2. The van der Waals surface area contributed by atoms with Crippen molar-refractivity contribution in [1.82, 2.24) is 25.3 Å². The first-order chi connectivity index (χ1) is 22.0. The van der Waals surface area contributed by atoms with Crippen molar-refractivity contribution in [1.29, 1.82) is 0 Å². The number of urea groups is 1. The lowest BCUT2D eigenvalue weighted by Gasteiger charge is -2.37. The Labute approximate surface area is 287 Å². The van der Waals surface area contributed by atoms with Crippen molar-refractivity contribution in [2.24, 2.45) is 11.8 Å². The topological polar surface area (TPSA) is 128 Å². The van der Waals surface area contributed by atoms with Crippen molar-refractivity contribution in [2.75, 3.05) is 39.0 Å². The van der Waals surface area contributed by atoms with Crippen molar-refractivity contribution in [2.45, 2.75) is 57.8 Å². The molecule has 0 bridgehead atoms. The highest BCUT2D eigenvalue weighted by Gasteiger charge is 2.44. The van der Waals surface area contributed by atoms with E-state index in [9.17, 15) is 24.0 Å². The molecule has 4 rings (SSSR count). The molecule has 2 saturated heterocycles. The van der Waals surface area contributed by atoms with E-state index in [0.29, 0.717) is 24.4 Å². The molecule has 11 nitrogen and oxygen atoms in total. The molecule has 2 heterocycles. The summed E-state index contributed by atoms with van der Waals surface area (Å²) >= 11 is 1.48. The highest BCUT2D eigenvalue weighted by Crippen LogP contribution is 2.41. The van der Waals surface area contributed by atoms with Crippen LogP contribution in [-0.2, 0) is 30.3 Å². The van der Waals surface area contributed by atoms with E-state index in [1.54, 1.807) is 47.9 Å². The van der Waals surface area contributed by atoms with E-state index in [1.165, 1.54) is 11.8 Å². The third-order valence-corrected chi connectivity index (χ3v) is 9.43. The van der Waals surface area contributed by atoms with Gasteiger partial charge in [-0.05, 0) is 44.4 Å². The van der Waals surface area contributed by atoms with Crippen molar-refractivity contribution in [3.8, 4) is 0 Å². The van der Waals surface area contributed by atoms with Gasteiger partial charge in [-0.15, -0.1) is 24.2 Å². The number of benzene rings is 2. The van der Waals surface area contributed by atoms with Crippen LogP contribution in [0.1, 0.15) is 44.2 Å². The van der Waals surface area contributed by atoms with Crippen LogP contribution in [0.15, 0.2) is 60.7 Å². The molecule has 2 aliphatic heterocycles. The van der Waals surface area contributed by atoms with Gasteiger partial charge >= 0.3 is 12.0 Å². The Kier molecular flexibility index (Phi) is 14.1. The fourth-order valence-electron chi connectivity index (χ4n) is 5.50. The van der Waals surface area contributed by atoms with Crippen LogP contribution in [0.5, 0.6) is 0 Å². The molecule has 256 valence electrons. The second kappa shape index (κ2) is 17.5. The lowest BCUT2D eigenvalue weighted by Crippen LogP contribution is -2.60. The molecule has 2 aliphatic rings. The number of hydrogen-bond donors (Lipinski definition) is 2. The zero-order chi connectivity index (χ0) is 33.4. The normalized spacial score (nSPS) is 19.5. The van der Waals surface area contributed by atoms with Crippen LogP contribution in [-0.4, -0.2) is 102 Å². The number of ether oxygens (including phenoxy) is 1. The highest BCUT2D eigenvalue weighted by atomic mass is 35.5. The van der Waals surface area contributed by atoms with Crippen molar-refractivity contribution in [3.05, 3.63) is 71.8 Å². The molecule has 4 atom stereocenters. The van der Waals surface area contributed by atoms with Gasteiger partial charge in [0.15, 0.2) is 0 Å². The van der Waals surface area contributed by atoms with Crippen LogP contribution >= 0.6 is 24.2 Å². The number of nitrogens with zero attached hydrogens (tertiary/aromatic N) is 3. The number of rotatable bonds is 11. The molecule has 2 N–H and O–H groups in total. The van der Waals surface area contributed by atoms with Crippen molar-refractivity contribution < 1.29 is 28.7 Å². The zero-order valence-electron chi connectivity index (χ0n) is 27.6. The van der Waals surface area contributed by atoms with E-state index in [0.717, 1.165) is 18.7 Å². The number of hydrogen-bond acceptors (Lipinski definition) is 8. The van der Waals surface area contributed by atoms with E-state index in [2.05, 4.69) is 15.5 Å². The first-order valence-corrected chi connectivity index (χ1v) is 16.8. The minimum Gasteiger partial charge on any atom is -0.457 e. The molecular weight excluding hydrogens is 642 g/mol. The molecular formula is C34H46ClN5O6S. The predicted octanol–water partition coefficient (Wildman–Crippen LogP) is 3.49. The predicted molar refractivity (Wildman–Crippen MR) is 184 cm³/mol. The van der Waals surface area contributed by atoms with Crippen LogP contribution in [0.2, 0.25) is 0 Å². The minimum atomic E-state index is -1.36. The van der Waals surface area contributed by atoms with Gasteiger partial charge in [-0.3, -0.25) is 14.4 Å². The smallest absolute Gasteiger partial charge is 0.375 e. The summed E-state index contributed by atoms with van der Waals surface area (Å²) in [6.07, 6.45) is -1.34. The third-order valence-electron chi connectivity index (χ3n) is 8.11. The number of Topliss-reactive ketones (excluding diaryl/α,β-unsaturated/α-hetero) is 1. The second-order valence-electron chi connectivity index (χ2n) is 12.4. The summed E-state index contributed by atoms with van der Waals surface area (Å²) in [4.78, 5) is 73.1. The molecule has 2 aromatic carbocycles. The van der Waals surface area contributed by atoms with Gasteiger partial charge in [-0.2, -0.15) is 0 Å². The van der Waals surface area contributed by atoms with Crippen LogP contribution in [0.25, 0.3) is 0 Å². The maximum absolute atomic E-state index is 14.4. The molecule has 0 unspecified atom stereocenters. The maximum atomic E-state index is 14.4. The first-order valence-electron chi connectivity index (χ1n) is 15.8. The van der Waals surface area contributed by atoms with E-state index in [-0.39, 0.29) is 36.7 Å². The summed E-state index contributed by atoms with van der Waals surface area (Å²) in [7, 11) is 2.00. The molecule has 0 radical (unpaired) electrons. The summed E-state index contributed by atoms with van der Waals surface area (Å²) in [5.74, 6) is -4.30. The Bertz CT molecular complexity index is 1370. The average molecular weight is 688 g/mol. The Balaban J connectivity index is 0.00000600. The summed E-state index contributed by atoms with van der Waals surface area (Å²) in [6.45, 7) is 9.61. The quantitative estimate of drug-likeness (QED) is 0.209. The van der Waals surface area contributed by atoms with Gasteiger partial charge in [0, 0.05) is 31.9 Å². The van der Waals surface area contributed by atoms with E-state index in [4.69, 9.17) is 4.74 Å². The number of ketones is 1. The zero-order valence-corrected chi connectivity index (χ0v) is 29.2. The van der Waals surface area contributed by atoms with Crippen molar-refractivity contribution in [3.63, 3.8) is 0 Å². The fourth-order valence-corrected chi connectivity index (χ4v) is 6.87. The van der Waals surface area contributed by atoms with Gasteiger partial charge in [-0.25, -0.2) is 9.59 Å². The number of esters is 1. The van der Waals surface area contributed by atoms with Crippen LogP contribution in [0, 0.1) is 11.8 Å². The summed E-state index contributed by atoms with van der Waals surface area (Å²) in [5.41, 5.74) is 1.57. The second-order valence-corrected chi connectivity index (χ2v) is 13.5. The number of carbonyl (C=O) groups is 5. The Hall–Kier alpha value is -3.61. The summed E-state index contributed by atoms with van der Waals surface area (Å²) in [6, 6.07) is 17.3. The van der Waals surface area contributed by atoms with Gasteiger partial charge in [-0.1, -0.05) is 74.5 Å². The molecule has 4 amide bonds. The monoisotopic (exact) mass is 687 g/mol. The largest absolute Gasteiger partial charge is 0.457 e. The third kappa shape index (κ3) is 9.94. The molecule has 0 saturated carbocycles. The van der Waals surface area contributed by atoms with Gasteiger partial charge in [0.25, 0.3) is 5.78 Å². The van der Waals surface area contributed by atoms with Gasteiger partial charge < -0.3 is 30.1 Å². The Morgan fingerprint density at radius 1 is 0.894 bits per heavy atom. The standard InChI is InChI=1S/C34H45N5O6S.ClH/c1-22(2)28(36-34(44)38-18-16-37(5)17-19-38)31(42)39-27(21-46-32(39)25-14-10-7-11-15-25)35-30(41)26(20-24-12-8-6-9-13-24)29(40)33(43)45-23(3)4;/h6-15,22-23,26-28,32H,16-21H2,1-5H3,(H,35,41)(H,36,44);1H/t26-,27+,28-,32+;/m0./s1. The minimum absolute atomic E-state index is 0. The highest BCUT2D eigenvalue weighted by molar-refractivity contribution is 7.99. The Morgan fingerprint density at radius 3 is 2.06 bits per heavy atom. The number of likely N-dealkylation sites (N-methyl/N-ethyl adjacent to an activating group) is 1. The lowest BCUT2D eigenvalue weighted by atomic mass is 9.94. The van der Waals surface area contributed by atoms with Crippen LogP contribution in [0.3, 0.4) is 0 Å². The van der Waals surface area contributed by atoms with Crippen LogP contribution in [0.4, 0.5) is 4.79 Å². The molecule has 0 spiro atoms. The first kappa shape index (κ1) is 37.8. The lowest BCUT2D eigenvalue weighted by molar-refractivity contribution is -0.160. The molecule has 0 aromatic heterocycles. The molecule has 2 fully saturated rings. The number of piperazine rings is 1. The summed E-state index contributed by atoms with van der Waals surface area (Å²) in [5, 5.41) is 5.44. The van der Waals surface area contributed by atoms with Gasteiger partial charge in [0.2, 0.25) is 11.8 Å². The van der Waals surface area contributed by atoms with Gasteiger partial charge in [0.1, 0.15) is 23.5 Å². The Morgan fingerprint density at radius 2 is 1.49 bits per heavy atom.